The van der Waals surface area contributed by atoms with Crippen LogP contribution in [-0.4, -0.2) is 32.5 Å². The van der Waals surface area contributed by atoms with Crippen molar-refractivity contribution in [2.24, 2.45) is 5.92 Å². The van der Waals surface area contributed by atoms with Gasteiger partial charge in [0, 0.05) is 41.7 Å². The van der Waals surface area contributed by atoms with Crippen molar-refractivity contribution in [2.45, 2.75) is 71.5 Å². The van der Waals surface area contributed by atoms with E-state index < -0.39 is 0 Å². The van der Waals surface area contributed by atoms with Gasteiger partial charge >= 0.3 is 0 Å². The van der Waals surface area contributed by atoms with E-state index in [1.165, 1.54) is 0 Å². The zero-order valence-electron chi connectivity index (χ0n) is 16.5. The third-order valence-electron chi connectivity index (χ3n) is 5.11. The molecule has 1 fully saturated rings. The summed E-state index contributed by atoms with van der Waals surface area (Å²) in [7, 11) is 0. The minimum Gasteiger partial charge on any atom is -0.353 e. The zero-order valence-corrected chi connectivity index (χ0v) is 16.5. The van der Waals surface area contributed by atoms with Gasteiger partial charge in [-0.1, -0.05) is 13.8 Å². The average molecular weight is 371 g/mol. The molecule has 146 valence electrons. The summed E-state index contributed by atoms with van der Waals surface area (Å²) in [6, 6.07) is 3.89. The van der Waals surface area contributed by atoms with Crippen LogP contribution in [0.4, 0.5) is 5.95 Å². The number of nitrogens with one attached hydrogen (secondary N) is 2. The van der Waals surface area contributed by atoms with Gasteiger partial charge in [-0.2, -0.15) is 4.98 Å². The van der Waals surface area contributed by atoms with Gasteiger partial charge in [0.2, 0.25) is 11.9 Å². The minimum absolute atomic E-state index is 0.0189. The lowest BCUT2D eigenvalue weighted by Gasteiger charge is -2.30. The third kappa shape index (κ3) is 4.46. The molecule has 0 bridgehead atoms. The van der Waals surface area contributed by atoms with Crippen LogP contribution in [0.15, 0.2) is 23.1 Å². The fraction of sp³-hybridized carbons (Fsp3) is 0.600. The molecule has 27 heavy (non-hydrogen) atoms. The maximum Gasteiger partial charge on any atom is 0.252 e. The molecule has 0 radical (unpaired) electrons. The monoisotopic (exact) mass is 371 g/mol. The van der Waals surface area contributed by atoms with Crippen molar-refractivity contribution >= 4 is 22.9 Å². The summed E-state index contributed by atoms with van der Waals surface area (Å²) in [5.74, 6) is 0.693. The van der Waals surface area contributed by atoms with Crippen LogP contribution in [-0.2, 0) is 4.79 Å². The van der Waals surface area contributed by atoms with Crippen LogP contribution in [0.25, 0.3) is 11.0 Å². The van der Waals surface area contributed by atoms with Crippen molar-refractivity contribution in [3.05, 3.63) is 28.7 Å². The molecule has 1 saturated carbocycles. The summed E-state index contributed by atoms with van der Waals surface area (Å²) in [4.78, 5) is 33.1. The highest BCUT2D eigenvalue weighted by molar-refractivity contribution is 5.78. The fourth-order valence-corrected chi connectivity index (χ4v) is 3.54. The number of rotatable bonds is 5. The average Bonchev–Trinajstić information content (AvgIpc) is 2.62. The molecule has 1 aliphatic carbocycles. The summed E-state index contributed by atoms with van der Waals surface area (Å²) >= 11 is 0. The molecule has 2 heterocycles. The fourth-order valence-electron chi connectivity index (χ4n) is 3.54. The van der Waals surface area contributed by atoms with Crippen molar-refractivity contribution in [2.75, 3.05) is 5.32 Å². The summed E-state index contributed by atoms with van der Waals surface area (Å²) in [6.07, 6.45) is 5.56. The number of carbonyl (C=O) groups is 1. The highest BCUT2D eigenvalue weighted by Crippen LogP contribution is 2.22. The quantitative estimate of drug-likeness (QED) is 0.844. The van der Waals surface area contributed by atoms with Gasteiger partial charge < -0.3 is 10.6 Å². The van der Waals surface area contributed by atoms with Crippen LogP contribution in [0.5, 0.6) is 0 Å². The maximum atomic E-state index is 12.2. The maximum absolute atomic E-state index is 12.2. The molecule has 2 aromatic rings. The Bertz CT molecular complexity index is 866. The molecular weight excluding hydrogens is 342 g/mol. The number of hydrogen-bond donors (Lipinski definition) is 2. The van der Waals surface area contributed by atoms with E-state index in [0.29, 0.717) is 11.6 Å². The van der Waals surface area contributed by atoms with Crippen LogP contribution in [0.3, 0.4) is 0 Å². The summed E-state index contributed by atoms with van der Waals surface area (Å²) in [5, 5.41) is 7.38. The number of pyridine rings is 1. The first-order chi connectivity index (χ1) is 12.8. The summed E-state index contributed by atoms with van der Waals surface area (Å²) < 4.78 is 1.69. The molecule has 1 aliphatic rings. The lowest BCUT2D eigenvalue weighted by Crippen LogP contribution is -2.41. The highest BCUT2D eigenvalue weighted by atomic mass is 16.2. The lowest BCUT2D eigenvalue weighted by molar-refractivity contribution is -0.124. The Labute approximate surface area is 159 Å². The first-order valence-corrected chi connectivity index (χ1v) is 9.80. The molecule has 2 aromatic heterocycles. The summed E-state index contributed by atoms with van der Waals surface area (Å²) in [6.45, 7) is 7.78. The number of amides is 1. The van der Waals surface area contributed by atoms with E-state index in [4.69, 9.17) is 0 Å². The summed E-state index contributed by atoms with van der Waals surface area (Å²) in [5.41, 5.74) is 0.608. The van der Waals surface area contributed by atoms with Crippen LogP contribution in [0.1, 0.15) is 59.4 Å². The van der Waals surface area contributed by atoms with Crippen LogP contribution >= 0.6 is 0 Å². The SMILES string of the molecule is CC(C)C(=O)N[C@H]1CC[C@H](Nc2ncc3ccc(=O)n(C(C)C)c3n2)CC1. The largest absolute Gasteiger partial charge is 0.353 e. The van der Waals surface area contributed by atoms with Gasteiger partial charge in [0.05, 0.1) is 0 Å². The topological polar surface area (TPSA) is 88.9 Å². The lowest BCUT2D eigenvalue weighted by atomic mass is 9.91. The second-order valence-electron chi connectivity index (χ2n) is 7.96. The van der Waals surface area contributed by atoms with E-state index in [2.05, 4.69) is 20.6 Å². The Morgan fingerprint density at radius 1 is 1.11 bits per heavy atom. The highest BCUT2D eigenvalue weighted by Gasteiger charge is 2.23. The Balaban J connectivity index is 1.68. The van der Waals surface area contributed by atoms with Crippen LogP contribution in [0, 0.1) is 5.92 Å². The van der Waals surface area contributed by atoms with Gasteiger partial charge in [-0.25, -0.2) is 4.98 Å². The Morgan fingerprint density at radius 2 is 1.78 bits per heavy atom. The standard InChI is InChI=1S/C20H29N5O2/c1-12(2)19(27)22-15-6-8-16(9-7-15)23-20-21-11-14-5-10-17(26)25(13(3)4)18(14)24-20/h5,10-13,15-16H,6-9H2,1-4H3,(H,22,27)(H,21,23,24)/t15-,16-. The van der Waals surface area contributed by atoms with Crippen LogP contribution in [0.2, 0.25) is 0 Å². The zero-order chi connectivity index (χ0) is 19.6. The number of hydrogen-bond acceptors (Lipinski definition) is 5. The van der Waals surface area contributed by atoms with Gasteiger partial charge in [0.1, 0.15) is 5.65 Å². The predicted octanol–water partition coefficient (Wildman–Crippen LogP) is 2.87. The molecule has 7 nitrogen and oxygen atoms in total. The Kier molecular flexibility index (Phi) is 5.77. The van der Waals surface area contributed by atoms with E-state index in [0.717, 1.165) is 31.1 Å². The molecule has 3 rings (SSSR count). The number of fused-ring (bicyclic) bond motifs is 1. The normalized spacial score (nSPS) is 20.2. The minimum atomic E-state index is -0.0523. The molecule has 1 amide bonds. The number of anilines is 1. The molecule has 0 aromatic carbocycles. The smallest absolute Gasteiger partial charge is 0.252 e. The first-order valence-electron chi connectivity index (χ1n) is 9.80. The molecule has 0 aliphatic heterocycles. The molecule has 2 N–H and O–H groups in total. The van der Waals surface area contributed by atoms with Gasteiger partial charge in [0.15, 0.2) is 0 Å². The van der Waals surface area contributed by atoms with E-state index >= 15 is 0 Å². The van der Waals surface area contributed by atoms with Crippen molar-refractivity contribution < 1.29 is 4.79 Å². The molecule has 0 unspecified atom stereocenters. The van der Waals surface area contributed by atoms with E-state index in [9.17, 15) is 9.59 Å². The Hall–Kier alpha value is -2.44. The number of aromatic nitrogens is 3. The predicted molar refractivity (Wildman–Crippen MR) is 107 cm³/mol. The molecule has 7 heteroatoms. The number of carbonyl (C=O) groups excluding carboxylic acids is 1. The van der Waals surface area contributed by atoms with E-state index in [1.54, 1.807) is 22.9 Å². The van der Waals surface area contributed by atoms with Gasteiger partial charge in [-0.05, 0) is 45.6 Å². The van der Waals surface area contributed by atoms with Gasteiger partial charge in [-0.15, -0.1) is 0 Å². The van der Waals surface area contributed by atoms with Gasteiger partial charge in [0.25, 0.3) is 5.56 Å². The van der Waals surface area contributed by atoms with Crippen molar-refractivity contribution in [3.63, 3.8) is 0 Å². The van der Waals surface area contributed by atoms with E-state index in [1.807, 2.05) is 27.7 Å². The molecule has 0 spiro atoms. The van der Waals surface area contributed by atoms with E-state index in [-0.39, 0.29) is 35.5 Å². The molecular formula is C20H29N5O2. The second kappa shape index (κ2) is 8.06. The number of nitrogens with zero attached hydrogens (tertiary/aromatic N) is 3. The van der Waals surface area contributed by atoms with Crippen molar-refractivity contribution in [1.29, 1.82) is 0 Å². The Morgan fingerprint density at radius 3 is 2.41 bits per heavy atom. The van der Waals surface area contributed by atoms with Gasteiger partial charge in [-0.3, -0.25) is 14.2 Å². The van der Waals surface area contributed by atoms with Crippen molar-refractivity contribution in [3.8, 4) is 0 Å². The molecule has 0 saturated heterocycles. The van der Waals surface area contributed by atoms with Crippen LogP contribution < -0.4 is 16.2 Å². The first kappa shape index (κ1) is 19.3. The second-order valence-corrected chi connectivity index (χ2v) is 7.96. The third-order valence-corrected chi connectivity index (χ3v) is 5.11. The van der Waals surface area contributed by atoms with Crippen molar-refractivity contribution in [1.82, 2.24) is 19.9 Å². The molecule has 0 atom stereocenters.